The van der Waals surface area contributed by atoms with Crippen LogP contribution in [-0.2, 0) is 0 Å². The van der Waals surface area contributed by atoms with Crippen molar-refractivity contribution in [2.45, 2.75) is 18.9 Å². The van der Waals surface area contributed by atoms with E-state index in [1.165, 1.54) is 0 Å². The summed E-state index contributed by atoms with van der Waals surface area (Å²) in [6.45, 7) is 0.330. The number of amides is 1. The lowest BCUT2D eigenvalue weighted by atomic mass is 10.1. The van der Waals surface area contributed by atoms with Crippen LogP contribution in [-0.4, -0.2) is 28.4 Å². The summed E-state index contributed by atoms with van der Waals surface area (Å²) in [4.78, 5) is 25.7. The fourth-order valence-electron chi connectivity index (χ4n) is 1.81. The Labute approximate surface area is 114 Å². The van der Waals surface area contributed by atoms with Gasteiger partial charge in [0.1, 0.15) is 11.3 Å². The number of nitrogens with two attached hydrogens (primary N) is 1. The summed E-state index contributed by atoms with van der Waals surface area (Å²) < 4.78 is 0. The Balaban J connectivity index is 2.17. The summed E-state index contributed by atoms with van der Waals surface area (Å²) in [5.41, 5.74) is 5.31. The molecule has 1 amide bonds. The van der Waals surface area contributed by atoms with Crippen LogP contribution in [0.15, 0.2) is 12.3 Å². The average Bonchev–Trinajstić information content (AvgIpc) is 3.20. The van der Waals surface area contributed by atoms with Crippen molar-refractivity contribution in [2.24, 2.45) is 11.7 Å². The highest BCUT2D eigenvalue weighted by molar-refractivity contribution is 6.32. The normalized spacial score (nSPS) is 15.9. The van der Waals surface area contributed by atoms with E-state index >= 15 is 0 Å². The van der Waals surface area contributed by atoms with E-state index in [-0.39, 0.29) is 22.4 Å². The van der Waals surface area contributed by atoms with Gasteiger partial charge in [-0.15, -0.1) is 0 Å². The molecule has 3 N–H and O–H groups in total. The molecular formula is C11H13ClN4O3. The maximum atomic E-state index is 12.0. The first kappa shape index (κ1) is 13.7. The van der Waals surface area contributed by atoms with Crippen molar-refractivity contribution in [3.05, 3.63) is 33.1 Å². The Kier molecular flexibility index (Phi) is 3.96. The Morgan fingerprint density at radius 1 is 1.68 bits per heavy atom. The van der Waals surface area contributed by atoms with Gasteiger partial charge >= 0.3 is 0 Å². The summed E-state index contributed by atoms with van der Waals surface area (Å²) in [6.07, 6.45) is 3.08. The van der Waals surface area contributed by atoms with Gasteiger partial charge in [-0.3, -0.25) is 14.9 Å². The number of pyridine rings is 1. The number of rotatable bonds is 5. The van der Waals surface area contributed by atoms with Crippen molar-refractivity contribution in [1.82, 2.24) is 10.3 Å². The zero-order chi connectivity index (χ0) is 14.0. The van der Waals surface area contributed by atoms with Gasteiger partial charge in [-0.25, -0.2) is 4.98 Å². The highest BCUT2D eigenvalue weighted by Gasteiger charge is 2.32. The molecule has 102 valence electrons. The summed E-state index contributed by atoms with van der Waals surface area (Å²) in [5, 5.41) is 13.3. The highest BCUT2D eigenvalue weighted by Crippen LogP contribution is 2.32. The maximum Gasteiger partial charge on any atom is 0.288 e. The van der Waals surface area contributed by atoms with Crippen molar-refractivity contribution in [1.29, 1.82) is 0 Å². The highest BCUT2D eigenvalue weighted by atomic mass is 35.5. The van der Waals surface area contributed by atoms with Crippen LogP contribution in [0.1, 0.15) is 23.2 Å². The molecule has 1 aromatic rings. The molecule has 0 aromatic carbocycles. The van der Waals surface area contributed by atoms with Crippen LogP contribution in [0.5, 0.6) is 0 Å². The summed E-state index contributed by atoms with van der Waals surface area (Å²) in [7, 11) is 0. The Morgan fingerprint density at radius 2 is 2.37 bits per heavy atom. The number of nitrogens with zero attached hydrogens (tertiary/aromatic N) is 2. The molecule has 1 fully saturated rings. The molecule has 1 aliphatic rings. The number of carbonyl (C=O) groups excluding carboxylic acids is 1. The minimum atomic E-state index is -0.624. The van der Waals surface area contributed by atoms with Gasteiger partial charge < -0.3 is 11.1 Å². The lowest BCUT2D eigenvalue weighted by molar-refractivity contribution is -0.385. The number of aromatic nitrogens is 1. The zero-order valence-corrected chi connectivity index (χ0v) is 10.8. The van der Waals surface area contributed by atoms with E-state index < -0.39 is 10.8 Å². The Morgan fingerprint density at radius 3 is 2.89 bits per heavy atom. The second kappa shape index (κ2) is 5.50. The molecule has 0 aliphatic heterocycles. The molecular weight excluding hydrogens is 272 g/mol. The van der Waals surface area contributed by atoms with Crippen LogP contribution < -0.4 is 11.1 Å². The van der Waals surface area contributed by atoms with E-state index in [2.05, 4.69) is 10.3 Å². The summed E-state index contributed by atoms with van der Waals surface area (Å²) in [6, 6.07) is 0.994. The molecule has 7 nitrogen and oxygen atoms in total. The minimum Gasteiger partial charge on any atom is -0.348 e. The summed E-state index contributed by atoms with van der Waals surface area (Å²) >= 11 is 5.79. The number of nitro groups is 1. The SMILES string of the molecule is NCC(NC(=O)c1cc([N+](=O)[O-])cnc1Cl)C1CC1. The molecule has 8 heteroatoms. The van der Waals surface area contributed by atoms with Crippen LogP contribution in [0.2, 0.25) is 5.15 Å². The van der Waals surface area contributed by atoms with Crippen LogP contribution in [0.25, 0.3) is 0 Å². The first-order chi connectivity index (χ1) is 9.02. The van der Waals surface area contributed by atoms with E-state index in [1.807, 2.05) is 0 Å². The van der Waals surface area contributed by atoms with Gasteiger partial charge in [0.05, 0.1) is 10.5 Å². The molecule has 0 bridgehead atoms. The summed E-state index contributed by atoms with van der Waals surface area (Å²) in [5.74, 6) is -0.0945. The quantitative estimate of drug-likeness (QED) is 0.478. The second-order valence-electron chi connectivity index (χ2n) is 4.44. The molecule has 0 radical (unpaired) electrons. The van der Waals surface area contributed by atoms with E-state index in [0.29, 0.717) is 12.5 Å². The van der Waals surface area contributed by atoms with E-state index in [1.54, 1.807) is 0 Å². The second-order valence-corrected chi connectivity index (χ2v) is 4.80. The van der Waals surface area contributed by atoms with Gasteiger partial charge in [-0.05, 0) is 18.8 Å². The van der Waals surface area contributed by atoms with Crippen molar-refractivity contribution in [3.63, 3.8) is 0 Å². The smallest absolute Gasteiger partial charge is 0.288 e. The number of halogens is 1. The van der Waals surface area contributed by atoms with E-state index in [0.717, 1.165) is 25.1 Å². The molecule has 1 aliphatic carbocycles. The Hall–Kier alpha value is -1.73. The van der Waals surface area contributed by atoms with Crippen LogP contribution in [0.3, 0.4) is 0 Å². The van der Waals surface area contributed by atoms with Crippen molar-refractivity contribution >= 4 is 23.2 Å². The molecule has 1 unspecified atom stereocenters. The van der Waals surface area contributed by atoms with Crippen molar-refractivity contribution in [3.8, 4) is 0 Å². The third-order valence-electron chi connectivity index (χ3n) is 3.04. The third kappa shape index (κ3) is 3.18. The molecule has 1 heterocycles. The molecule has 0 spiro atoms. The number of nitrogens with one attached hydrogen (secondary N) is 1. The van der Waals surface area contributed by atoms with E-state index in [4.69, 9.17) is 17.3 Å². The van der Waals surface area contributed by atoms with Gasteiger partial charge in [0.15, 0.2) is 0 Å². The van der Waals surface area contributed by atoms with Crippen LogP contribution in [0.4, 0.5) is 5.69 Å². The largest absolute Gasteiger partial charge is 0.348 e. The van der Waals surface area contributed by atoms with Gasteiger partial charge in [-0.1, -0.05) is 11.6 Å². The van der Waals surface area contributed by atoms with Crippen LogP contribution >= 0.6 is 11.6 Å². The molecule has 1 saturated carbocycles. The molecule has 1 aromatic heterocycles. The fourth-order valence-corrected chi connectivity index (χ4v) is 2.00. The first-order valence-corrected chi connectivity index (χ1v) is 6.21. The predicted molar refractivity (Wildman–Crippen MR) is 68.9 cm³/mol. The lowest BCUT2D eigenvalue weighted by Crippen LogP contribution is -2.41. The van der Waals surface area contributed by atoms with E-state index in [9.17, 15) is 14.9 Å². The lowest BCUT2D eigenvalue weighted by Gasteiger charge is -2.16. The van der Waals surface area contributed by atoms with Gasteiger partial charge in [0.2, 0.25) is 0 Å². The maximum absolute atomic E-state index is 12.0. The Bertz CT molecular complexity index is 519. The number of hydrogen-bond donors (Lipinski definition) is 2. The number of carbonyl (C=O) groups is 1. The fraction of sp³-hybridized carbons (Fsp3) is 0.455. The van der Waals surface area contributed by atoms with Gasteiger partial charge in [-0.2, -0.15) is 0 Å². The third-order valence-corrected chi connectivity index (χ3v) is 3.34. The van der Waals surface area contributed by atoms with Gasteiger partial charge in [0, 0.05) is 18.7 Å². The first-order valence-electron chi connectivity index (χ1n) is 5.83. The van der Waals surface area contributed by atoms with Crippen LogP contribution in [0, 0.1) is 16.0 Å². The topological polar surface area (TPSA) is 111 Å². The molecule has 1 atom stereocenters. The zero-order valence-electron chi connectivity index (χ0n) is 10.0. The van der Waals surface area contributed by atoms with Crippen molar-refractivity contribution in [2.75, 3.05) is 6.54 Å². The average molecular weight is 285 g/mol. The molecule has 19 heavy (non-hydrogen) atoms. The molecule has 0 saturated heterocycles. The molecule has 2 rings (SSSR count). The predicted octanol–water partition coefficient (Wildman–Crippen LogP) is 1.11. The number of hydrogen-bond acceptors (Lipinski definition) is 5. The van der Waals surface area contributed by atoms with Gasteiger partial charge in [0.25, 0.3) is 11.6 Å². The standard InChI is InChI=1S/C11H13ClN4O3/c12-10-8(3-7(5-14-10)16(18)19)11(17)15-9(4-13)6-1-2-6/h3,5-6,9H,1-2,4,13H2,(H,15,17). The minimum absolute atomic E-state index is 0.00466. The monoisotopic (exact) mass is 284 g/mol. The van der Waals surface area contributed by atoms with Crippen molar-refractivity contribution < 1.29 is 9.72 Å².